The molecule has 0 amide bonds. The van der Waals surface area contributed by atoms with Crippen molar-refractivity contribution in [2.24, 2.45) is 4.99 Å². The first-order valence-corrected chi connectivity index (χ1v) is 9.50. The minimum absolute atomic E-state index is 0. The highest BCUT2D eigenvalue weighted by molar-refractivity contribution is 14.0. The lowest BCUT2D eigenvalue weighted by Crippen LogP contribution is -2.36. The summed E-state index contributed by atoms with van der Waals surface area (Å²) in [6, 6.07) is 13.8. The van der Waals surface area contributed by atoms with Gasteiger partial charge in [0.2, 0.25) is 5.75 Å². The van der Waals surface area contributed by atoms with Crippen LogP contribution in [0.5, 0.6) is 17.2 Å². The molecule has 0 atom stereocenters. The number of para-hydroxylation sites is 1. The first kappa shape index (κ1) is 24.3. The molecule has 0 unspecified atom stereocenters. The molecule has 1 heterocycles. The van der Waals surface area contributed by atoms with Gasteiger partial charge in [-0.25, -0.2) is 4.68 Å². The van der Waals surface area contributed by atoms with Gasteiger partial charge < -0.3 is 24.8 Å². The molecule has 166 valence electrons. The van der Waals surface area contributed by atoms with E-state index in [4.69, 9.17) is 14.2 Å². The Morgan fingerprint density at radius 3 is 2.10 bits per heavy atom. The molecule has 0 aliphatic heterocycles. The number of guanidine groups is 1. The highest BCUT2D eigenvalue weighted by Gasteiger charge is 2.13. The van der Waals surface area contributed by atoms with Crippen molar-refractivity contribution < 1.29 is 14.2 Å². The van der Waals surface area contributed by atoms with Gasteiger partial charge in [-0.2, -0.15) is 5.10 Å². The van der Waals surface area contributed by atoms with Gasteiger partial charge in [-0.3, -0.25) is 4.99 Å². The predicted molar refractivity (Wildman–Crippen MR) is 132 cm³/mol. The second-order valence-electron chi connectivity index (χ2n) is 6.44. The maximum atomic E-state index is 5.41. The highest BCUT2D eigenvalue weighted by Crippen LogP contribution is 2.38. The molecule has 0 spiro atoms. The van der Waals surface area contributed by atoms with Crippen molar-refractivity contribution in [2.75, 3.05) is 28.4 Å². The third-order valence-electron chi connectivity index (χ3n) is 4.52. The molecule has 2 aromatic carbocycles. The third-order valence-corrected chi connectivity index (χ3v) is 4.52. The Kier molecular flexibility index (Phi) is 9.44. The summed E-state index contributed by atoms with van der Waals surface area (Å²) in [5.41, 5.74) is 3.05. The van der Waals surface area contributed by atoms with Crippen molar-refractivity contribution in [1.29, 1.82) is 0 Å². The van der Waals surface area contributed by atoms with Gasteiger partial charge in [0.25, 0.3) is 0 Å². The maximum absolute atomic E-state index is 5.41. The largest absolute Gasteiger partial charge is 0.493 e. The van der Waals surface area contributed by atoms with E-state index in [2.05, 4.69) is 20.7 Å². The van der Waals surface area contributed by atoms with Crippen molar-refractivity contribution in [3.05, 3.63) is 66.0 Å². The zero-order chi connectivity index (χ0) is 21.3. The molecule has 0 saturated carbocycles. The lowest BCUT2D eigenvalue weighted by Gasteiger charge is -2.15. The fourth-order valence-corrected chi connectivity index (χ4v) is 3.00. The van der Waals surface area contributed by atoms with Crippen LogP contribution in [-0.4, -0.2) is 44.1 Å². The van der Waals surface area contributed by atoms with Crippen molar-refractivity contribution in [3.8, 4) is 22.9 Å². The quantitative estimate of drug-likeness (QED) is 0.261. The summed E-state index contributed by atoms with van der Waals surface area (Å²) in [6.07, 6.45) is 3.83. The monoisotopic (exact) mass is 537 g/mol. The Morgan fingerprint density at radius 1 is 0.935 bits per heavy atom. The Balaban J connectivity index is 0.00000341. The van der Waals surface area contributed by atoms with E-state index < -0.39 is 0 Å². The second kappa shape index (κ2) is 12.0. The van der Waals surface area contributed by atoms with Gasteiger partial charge in [-0.05, 0) is 29.8 Å². The second-order valence-corrected chi connectivity index (χ2v) is 6.44. The molecule has 3 rings (SSSR count). The average Bonchev–Trinajstić information content (AvgIpc) is 3.28. The van der Waals surface area contributed by atoms with Crippen LogP contribution in [-0.2, 0) is 13.1 Å². The van der Waals surface area contributed by atoms with Crippen LogP contribution in [0.2, 0.25) is 0 Å². The van der Waals surface area contributed by atoms with Crippen molar-refractivity contribution in [2.45, 2.75) is 13.1 Å². The molecule has 3 aromatic rings. The van der Waals surface area contributed by atoms with E-state index in [0.717, 1.165) is 16.8 Å². The fourth-order valence-electron chi connectivity index (χ4n) is 3.00. The Morgan fingerprint density at radius 2 is 1.55 bits per heavy atom. The van der Waals surface area contributed by atoms with Crippen molar-refractivity contribution in [1.82, 2.24) is 20.4 Å². The summed E-state index contributed by atoms with van der Waals surface area (Å²) in [7, 11) is 6.52. The van der Waals surface area contributed by atoms with E-state index in [9.17, 15) is 0 Å². The zero-order valence-corrected chi connectivity index (χ0v) is 20.4. The van der Waals surface area contributed by atoms with Crippen LogP contribution >= 0.6 is 24.0 Å². The lowest BCUT2D eigenvalue weighted by molar-refractivity contribution is 0.323. The number of nitrogens with one attached hydrogen (secondary N) is 2. The topological polar surface area (TPSA) is 81.9 Å². The molecule has 1 aromatic heterocycles. The van der Waals surface area contributed by atoms with E-state index in [-0.39, 0.29) is 24.0 Å². The zero-order valence-electron chi connectivity index (χ0n) is 18.1. The number of nitrogens with zero attached hydrogens (tertiary/aromatic N) is 3. The molecule has 0 aliphatic carbocycles. The van der Waals surface area contributed by atoms with E-state index >= 15 is 0 Å². The van der Waals surface area contributed by atoms with E-state index in [1.54, 1.807) is 28.4 Å². The van der Waals surface area contributed by atoms with E-state index in [0.29, 0.717) is 36.3 Å². The SMILES string of the molecule is CN=C(NCc1cc(OC)c(OC)c(OC)c1)NCc1cnn(-c2ccccc2)c1.I. The summed E-state index contributed by atoms with van der Waals surface area (Å²) >= 11 is 0. The van der Waals surface area contributed by atoms with Crippen LogP contribution in [0.3, 0.4) is 0 Å². The smallest absolute Gasteiger partial charge is 0.203 e. The number of hydrogen-bond donors (Lipinski definition) is 2. The third kappa shape index (κ3) is 6.27. The first-order valence-electron chi connectivity index (χ1n) is 9.50. The molecule has 0 radical (unpaired) electrons. The van der Waals surface area contributed by atoms with E-state index in [1.165, 1.54) is 0 Å². The number of hydrogen-bond acceptors (Lipinski definition) is 5. The summed E-state index contributed by atoms with van der Waals surface area (Å²) in [4.78, 5) is 4.28. The summed E-state index contributed by atoms with van der Waals surface area (Å²) in [5.74, 6) is 2.48. The van der Waals surface area contributed by atoms with Crippen LogP contribution in [0.15, 0.2) is 59.9 Å². The molecule has 9 heteroatoms. The van der Waals surface area contributed by atoms with Crippen LogP contribution in [0.1, 0.15) is 11.1 Å². The summed E-state index contributed by atoms with van der Waals surface area (Å²) in [6.45, 7) is 1.14. The van der Waals surface area contributed by atoms with Gasteiger partial charge in [0.1, 0.15) is 0 Å². The Labute approximate surface area is 199 Å². The maximum Gasteiger partial charge on any atom is 0.203 e. The number of aromatic nitrogens is 2. The van der Waals surface area contributed by atoms with Gasteiger partial charge in [-0.1, -0.05) is 18.2 Å². The minimum atomic E-state index is 0. The molecule has 0 fully saturated rings. The van der Waals surface area contributed by atoms with Crippen molar-refractivity contribution >= 4 is 29.9 Å². The average molecular weight is 537 g/mol. The first-order chi connectivity index (χ1) is 14.7. The van der Waals surface area contributed by atoms with Crippen LogP contribution < -0.4 is 24.8 Å². The van der Waals surface area contributed by atoms with E-state index in [1.807, 2.05) is 59.5 Å². The predicted octanol–water partition coefficient (Wildman–Crippen LogP) is 3.38. The standard InChI is InChI=1S/C22H27N5O3.HI/c1-23-22(24-12-16-10-19(28-2)21(30-4)20(11-16)29-3)25-13-17-14-26-27(15-17)18-8-6-5-7-9-18;/h5-11,14-15H,12-13H2,1-4H3,(H2,23,24,25);1H. The summed E-state index contributed by atoms with van der Waals surface area (Å²) in [5, 5.41) is 11.0. The number of benzene rings is 2. The van der Waals surface area contributed by atoms with Gasteiger partial charge in [0, 0.05) is 31.9 Å². The lowest BCUT2D eigenvalue weighted by atomic mass is 10.2. The van der Waals surface area contributed by atoms with Gasteiger partial charge >= 0.3 is 0 Å². The molecule has 0 bridgehead atoms. The van der Waals surface area contributed by atoms with Gasteiger partial charge in [-0.15, -0.1) is 24.0 Å². The molecule has 0 saturated heterocycles. The van der Waals surface area contributed by atoms with Crippen LogP contribution in [0, 0.1) is 0 Å². The fraction of sp³-hybridized carbons (Fsp3) is 0.273. The molecular weight excluding hydrogens is 509 g/mol. The van der Waals surface area contributed by atoms with Gasteiger partial charge in [0.05, 0.1) is 33.2 Å². The molecule has 8 nitrogen and oxygen atoms in total. The number of halogens is 1. The molecule has 0 aliphatic rings. The number of rotatable bonds is 8. The Hall–Kier alpha value is -2.95. The van der Waals surface area contributed by atoms with Gasteiger partial charge in [0.15, 0.2) is 17.5 Å². The number of methoxy groups -OCH3 is 3. The number of aliphatic imine (C=N–C) groups is 1. The molecular formula is C22H28IN5O3. The Bertz CT molecular complexity index is 967. The molecule has 31 heavy (non-hydrogen) atoms. The van der Waals surface area contributed by atoms with Crippen molar-refractivity contribution in [3.63, 3.8) is 0 Å². The number of ether oxygens (including phenoxy) is 3. The minimum Gasteiger partial charge on any atom is -0.493 e. The summed E-state index contributed by atoms with van der Waals surface area (Å²) < 4.78 is 18.0. The molecule has 2 N–H and O–H groups in total. The van der Waals surface area contributed by atoms with Crippen LogP contribution in [0.4, 0.5) is 0 Å². The van der Waals surface area contributed by atoms with Crippen LogP contribution in [0.25, 0.3) is 5.69 Å². The normalized spacial score (nSPS) is 10.8. The highest BCUT2D eigenvalue weighted by atomic mass is 127.